The van der Waals surface area contributed by atoms with Crippen molar-refractivity contribution >= 4 is 5.96 Å². The number of nitrogens with one attached hydrogen (secondary N) is 1. The molecule has 1 saturated heterocycles. The van der Waals surface area contributed by atoms with Crippen LogP contribution < -0.4 is 11.3 Å². The number of guanidine groups is 1. The van der Waals surface area contributed by atoms with Crippen molar-refractivity contribution in [2.75, 3.05) is 20.3 Å². The van der Waals surface area contributed by atoms with Crippen molar-refractivity contribution in [3.8, 4) is 0 Å². The molecule has 100 valence electrons. The smallest absolute Gasteiger partial charge is 0.208 e. The minimum absolute atomic E-state index is 0.525. The molecule has 17 heavy (non-hydrogen) atoms. The van der Waals surface area contributed by atoms with Crippen LogP contribution in [0.5, 0.6) is 0 Å². The van der Waals surface area contributed by atoms with Gasteiger partial charge >= 0.3 is 0 Å². The lowest BCUT2D eigenvalue weighted by atomic mass is 10.2. The van der Waals surface area contributed by atoms with Crippen molar-refractivity contribution in [1.29, 1.82) is 0 Å². The molecule has 0 aromatic rings. The molecule has 0 spiro atoms. The maximum Gasteiger partial charge on any atom is 0.208 e. The summed E-state index contributed by atoms with van der Waals surface area (Å²) in [6.45, 7) is 5.95. The quantitative estimate of drug-likeness (QED) is 0.249. The van der Waals surface area contributed by atoms with Crippen LogP contribution in [0, 0.1) is 0 Å². The summed E-state index contributed by atoms with van der Waals surface area (Å²) >= 11 is 0. The third kappa shape index (κ3) is 3.85. The minimum atomic E-state index is 0.525. The second kappa shape index (κ2) is 7.50. The van der Waals surface area contributed by atoms with Crippen LogP contribution >= 0.6 is 0 Å². The second-order valence-electron chi connectivity index (χ2n) is 4.59. The lowest BCUT2D eigenvalue weighted by Gasteiger charge is -2.30. The average molecular weight is 242 g/mol. The van der Waals surface area contributed by atoms with E-state index in [4.69, 9.17) is 10.6 Å². The Kier molecular flexibility index (Phi) is 6.29. The van der Waals surface area contributed by atoms with E-state index >= 15 is 0 Å². The number of hydrogen-bond donors (Lipinski definition) is 2. The van der Waals surface area contributed by atoms with Crippen molar-refractivity contribution in [2.45, 2.75) is 51.6 Å². The average Bonchev–Trinajstić information content (AvgIpc) is 2.71. The molecular weight excluding hydrogens is 216 g/mol. The zero-order valence-electron chi connectivity index (χ0n) is 11.3. The predicted molar refractivity (Wildman–Crippen MR) is 70.7 cm³/mol. The van der Waals surface area contributed by atoms with E-state index < -0.39 is 0 Å². The van der Waals surface area contributed by atoms with E-state index in [1.54, 1.807) is 7.11 Å². The highest BCUT2D eigenvalue weighted by molar-refractivity contribution is 5.80. The summed E-state index contributed by atoms with van der Waals surface area (Å²) in [7, 11) is 1.71. The molecule has 5 heteroatoms. The monoisotopic (exact) mass is 242 g/mol. The summed E-state index contributed by atoms with van der Waals surface area (Å²) in [5.74, 6) is 6.42. The number of nitrogens with two attached hydrogens (primary N) is 1. The van der Waals surface area contributed by atoms with Gasteiger partial charge < -0.3 is 9.64 Å². The SMILES string of the molecule is CCC1CCC(C)N1C(=NCCCOC)NN. The number of hydrazine groups is 1. The molecule has 5 nitrogen and oxygen atoms in total. The third-order valence-electron chi connectivity index (χ3n) is 3.40. The van der Waals surface area contributed by atoms with Crippen LogP contribution in [0.3, 0.4) is 0 Å². The highest BCUT2D eigenvalue weighted by atomic mass is 16.5. The van der Waals surface area contributed by atoms with E-state index in [1.807, 2.05) is 0 Å². The number of likely N-dealkylation sites (tertiary alicyclic amines) is 1. The topological polar surface area (TPSA) is 62.9 Å². The van der Waals surface area contributed by atoms with E-state index in [-0.39, 0.29) is 0 Å². The Bertz CT molecular complexity index is 245. The zero-order chi connectivity index (χ0) is 12.7. The van der Waals surface area contributed by atoms with E-state index in [9.17, 15) is 0 Å². The van der Waals surface area contributed by atoms with Gasteiger partial charge in [0.05, 0.1) is 0 Å². The molecule has 2 atom stereocenters. The van der Waals surface area contributed by atoms with Crippen molar-refractivity contribution < 1.29 is 4.74 Å². The van der Waals surface area contributed by atoms with Gasteiger partial charge in [-0.25, -0.2) is 5.84 Å². The first-order valence-electron chi connectivity index (χ1n) is 6.52. The van der Waals surface area contributed by atoms with Gasteiger partial charge in [-0.2, -0.15) is 0 Å². The molecule has 2 unspecified atom stereocenters. The molecule has 1 aliphatic rings. The van der Waals surface area contributed by atoms with Gasteiger partial charge in [0.15, 0.2) is 0 Å². The molecular formula is C12H26N4O. The van der Waals surface area contributed by atoms with Crippen molar-refractivity contribution in [3.05, 3.63) is 0 Å². The van der Waals surface area contributed by atoms with Crippen LogP contribution in [0.25, 0.3) is 0 Å². The highest BCUT2D eigenvalue weighted by Gasteiger charge is 2.31. The summed E-state index contributed by atoms with van der Waals surface area (Å²) in [6.07, 6.45) is 4.53. The Morgan fingerprint density at radius 1 is 1.53 bits per heavy atom. The number of ether oxygens (including phenoxy) is 1. The first-order chi connectivity index (χ1) is 8.24. The summed E-state index contributed by atoms with van der Waals surface area (Å²) in [6, 6.07) is 1.10. The molecule has 1 rings (SSSR count). The highest BCUT2D eigenvalue weighted by Crippen LogP contribution is 2.25. The second-order valence-corrected chi connectivity index (χ2v) is 4.59. The molecule has 0 radical (unpaired) electrons. The molecule has 1 fully saturated rings. The number of hydrogen-bond acceptors (Lipinski definition) is 3. The Hall–Kier alpha value is -0.810. The van der Waals surface area contributed by atoms with Crippen molar-refractivity contribution in [3.63, 3.8) is 0 Å². The Morgan fingerprint density at radius 2 is 2.29 bits per heavy atom. The largest absolute Gasteiger partial charge is 0.385 e. The molecule has 3 N–H and O–H groups in total. The summed E-state index contributed by atoms with van der Waals surface area (Å²) < 4.78 is 5.01. The van der Waals surface area contributed by atoms with Gasteiger partial charge in [-0.1, -0.05) is 6.92 Å². The Balaban J connectivity index is 2.58. The van der Waals surface area contributed by atoms with Crippen LogP contribution in [0.2, 0.25) is 0 Å². The van der Waals surface area contributed by atoms with Gasteiger partial charge in [0.25, 0.3) is 0 Å². The standard InChI is InChI=1S/C12H26N4O/c1-4-11-7-6-10(2)16(11)12(15-13)14-8-5-9-17-3/h10-11H,4-9,13H2,1-3H3,(H,14,15). The van der Waals surface area contributed by atoms with Crippen LogP contribution in [0.15, 0.2) is 4.99 Å². The van der Waals surface area contributed by atoms with Gasteiger partial charge in [0, 0.05) is 32.3 Å². The predicted octanol–water partition coefficient (Wildman–Crippen LogP) is 1.11. The Labute approximate surface area is 104 Å². The van der Waals surface area contributed by atoms with Crippen LogP contribution in [-0.2, 0) is 4.74 Å². The normalized spacial score (nSPS) is 25.4. The number of rotatable bonds is 5. The minimum Gasteiger partial charge on any atom is -0.385 e. The molecule has 0 aromatic heterocycles. The first-order valence-corrected chi connectivity index (χ1v) is 6.52. The molecule has 1 aliphatic heterocycles. The Morgan fingerprint density at radius 3 is 2.88 bits per heavy atom. The van der Waals surface area contributed by atoms with Gasteiger partial charge in [0.1, 0.15) is 0 Å². The van der Waals surface area contributed by atoms with Crippen molar-refractivity contribution in [2.24, 2.45) is 10.8 Å². The number of methoxy groups -OCH3 is 1. The fourth-order valence-corrected chi connectivity index (χ4v) is 2.45. The summed E-state index contributed by atoms with van der Waals surface area (Å²) in [4.78, 5) is 6.86. The lowest BCUT2D eigenvalue weighted by Crippen LogP contribution is -2.49. The maximum absolute atomic E-state index is 5.59. The van der Waals surface area contributed by atoms with Gasteiger partial charge in [-0.15, -0.1) is 0 Å². The number of nitrogens with zero attached hydrogens (tertiary/aromatic N) is 2. The van der Waals surface area contributed by atoms with Crippen LogP contribution in [0.1, 0.15) is 39.5 Å². The molecule has 0 aromatic carbocycles. The number of aliphatic imine (C=N–C) groups is 1. The molecule has 0 bridgehead atoms. The van der Waals surface area contributed by atoms with E-state index in [0.717, 1.165) is 32.0 Å². The van der Waals surface area contributed by atoms with Gasteiger partial charge in [-0.3, -0.25) is 10.4 Å². The van der Waals surface area contributed by atoms with Gasteiger partial charge in [-0.05, 0) is 32.6 Å². The van der Waals surface area contributed by atoms with Crippen LogP contribution in [0.4, 0.5) is 0 Å². The maximum atomic E-state index is 5.59. The fourth-order valence-electron chi connectivity index (χ4n) is 2.45. The summed E-state index contributed by atoms with van der Waals surface area (Å²) in [5, 5.41) is 0. The van der Waals surface area contributed by atoms with Crippen LogP contribution in [-0.4, -0.2) is 43.2 Å². The third-order valence-corrected chi connectivity index (χ3v) is 3.40. The molecule has 1 heterocycles. The van der Waals surface area contributed by atoms with Crippen molar-refractivity contribution in [1.82, 2.24) is 10.3 Å². The molecule has 0 amide bonds. The lowest BCUT2D eigenvalue weighted by molar-refractivity contribution is 0.196. The first kappa shape index (κ1) is 14.3. The van der Waals surface area contributed by atoms with Gasteiger partial charge in [0.2, 0.25) is 5.96 Å². The fraction of sp³-hybridized carbons (Fsp3) is 0.917. The van der Waals surface area contributed by atoms with E-state index in [1.165, 1.54) is 12.8 Å². The summed E-state index contributed by atoms with van der Waals surface area (Å²) in [5.41, 5.74) is 2.75. The molecule has 0 saturated carbocycles. The van der Waals surface area contributed by atoms with E-state index in [0.29, 0.717) is 12.1 Å². The molecule has 0 aliphatic carbocycles. The zero-order valence-corrected chi connectivity index (χ0v) is 11.3. The van der Waals surface area contributed by atoms with E-state index in [2.05, 4.69) is 29.2 Å².